The normalized spacial score (nSPS) is 22.0. The van der Waals surface area contributed by atoms with Crippen LogP contribution < -0.4 is 0 Å². The number of nitrogens with zero attached hydrogens (tertiary/aromatic N) is 3. The zero-order valence-corrected chi connectivity index (χ0v) is 12.9. The van der Waals surface area contributed by atoms with Gasteiger partial charge < -0.3 is 4.42 Å². The maximum atomic E-state index is 5.86. The molecule has 0 bridgehead atoms. The standard InChI is InChI=1S/C15H21N3OS/c1-3-12-6-4-8-18(10-12)11(2)14-16-17-15(19-14)13-7-5-9-20-13/h5,7,9,11-12H,3-4,6,8,10H2,1-2H3/t11-,12+/m1/s1. The maximum Gasteiger partial charge on any atom is 0.257 e. The summed E-state index contributed by atoms with van der Waals surface area (Å²) in [6.45, 7) is 6.73. The first-order chi connectivity index (χ1) is 9.78. The fourth-order valence-electron chi connectivity index (χ4n) is 2.84. The minimum absolute atomic E-state index is 0.213. The average molecular weight is 291 g/mol. The predicted molar refractivity (Wildman–Crippen MR) is 80.6 cm³/mol. The van der Waals surface area contributed by atoms with E-state index in [0.29, 0.717) is 5.89 Å². The van der Waals surface area contributed by atoms with E-state index in [1.54, 1.807) is 11.3 Å². The van der Waals surface area contributed by atoms with Crippen molar-refractivity contribution < 1.29 is 4.42 Å². The number of piperidine rings is 1. The van der Waals surface area contributed by atoms with Gasteiger partial charge in [-0.25, -0.2) is 0 Å². The summed E-state index contributed by atoms with van der Waals surface area (Å²) in [4.78, 5) is 3.52. The second-order valence-electron chi connectivity index (χ2n) is 5.51. The number of rotatable bonds is 4. The summed E-state index contributed by atoms with van der Waals surface area (Å²) in [5.41, 5.74) is 0. The Morgan fingerprint density at radius 2 is 2.40 bits per heavy atom. The van der Waals surface area contributed by atoms with Gasteiger partial charge >= 0.3 is 0 Å². The van der Waals surface area contributed by atoms with Crippen LogP contribution in [0.5, 0.6) is 0 Å². The van der Waals surface area contributed by atoms with E-state index in [1.165, 1.54) is 19.3 Å². The van der Waals surface area contributed by atoms with Crippen LogP contribution in [0.1, 0.15) is 45.0 Å². The van der Waals surface area contributed by atoms with Crippen LogP contribution in [0.3, 0.4) is 0 Å². The van der Waals surface area contributed by atoms with E-state index >= 15 is 0 Å². The first kappa shape index (κ1) is 13.8. The lowest BCUT2D eigenvalue weighted by Crippen LogP contribution is -2.37. The Kier molecular flexibility index (Phi) is 4.17. The van der Waals surface area contributed by atoms with Crippen LogP contribution in [0.15, 0.2) is 21.9 Å². The predicted octanol–water partition coefficient (Wildman–Crippen LogP) is 3.98. The third kappa shape index (κ3) is 2.79. The highest BCUT2D eigenvalue weighted by Gasteiger charge is 2.26. The largest absolute Gasteiger partial charge is 0.418 e. The van der Waals surface area contributed by atoms with Gasteiger partial charge in [0.1, 0.15) is 0 Å². The fraction of sp³-hybridized carbons (Fsp3) is 0.600. The van der Waals surface area contributed by atoms with E-state index < -0.39 is 0 Å². The Labute approximate surface area is 123 Å². The minimum atomic E-state index is 0.213. The molecular formula is C15H21N3OS. The van der Waals surface area contributed by atoms with Crippen molar-refractivity contribution in [2.45, 2.75) is 39.2 Å². The Balaban J connectivity index is 1.72. The summed E-state index contributed by atoms with van der Waals surface area (Å²) in [6.07, 6.45) is 3.88. The van der Waals surface area contributed by atoms with E-state index in [9.17, 15) is 0 Å². The van der Waals surface area contributed by atoms with Crippen LogP contribution in [-0.4, -0.2) is 28.2 Å². The molecule has 0 aliphatic carbocycles. The highest BCUT2D eigenvalue weighted by Crippen LogP contribution is 2.30. The van der Waals surface area contributed by atoms with Gasteiger partial charge in [0, 0.05) is 6.54 Å². The molecule has 0 aromatic carbocycles. The molecule has 108 valence electrons. The van der Waals surface area contributed by atoms with Crippen LogP contribution in [0.2, 0.25) is 0 Å². The van der Waals surface area contributed by atoms with Gasteiger partial charge in [-0.05, 0) is 43.7 Å². The fourth-order valence-corrected chi connectivity index (χ4v) is 3.49. The summed E-state index contributed by atoms with van der Waals surface area (Å²) in [7, 11) is 0. The van der Waals surface area contributed by atoms with Crippen molar-refractivity contribution in [1.82, 2.24) is 15.1 Å². The van der Waals surface area contributed by atoms with Crippen molar-refractivity contribution in [3.63, 3.8) is 0 Å². The van der Waals surface area contributed by atoms with Gasteiger partial charge in [0.15, 0.2) is 0 Å². The van der Waals surface area contributed by atoms with E-state index in [1.807, 2.05) is 17.5 Å². The van der Waals surface area contributed by atoms with Crippen molar-refractivity contribution in [2.24, 2.45) is 5.92 Å². The summed E-state index contributed by atoms with van der Waals surface area (Å²) in [5, 5.41) is 10.5. The third-order valence-corrected chi connectivity index (χ3v) is 5.06. The summed E-state index contributed by atoms with van der Waals surface area (Å²) < 4.78 is 5.86. The second-order valence-corrected chi connectivity index (χ2v) is 6.46. The molecule has 0 saturated carbocycles. The van der Waals surface area contributed by atoms with Gasteiger partial charge in [-0.2, -0.15) is 0 Å². The molecule has 2 aromatic rings. The molecule has 1 aliphatic heterocycles. The molecule has 20 heavy (non-hydrogen) atoms. The van der Waals surface area contributed by atoms with Crippen LogP contribution in [-0.2, 0) is 0 Å². The molecule has 5 heteroatoms. The Morgan fingerprint density at radius 1 is 1.50 bits per heavy atom. The lowest BCUT2D eigenvalue weighted by Gasteiger charge is -2.34. The minimum Gasteiger partial charge on any atom is -0.418 e. The zero-order chi connectivity index (χ0) is 13.9. The first-order valence-corrected chi connectivity index (χ1v) is 8.27. The molecular weight excluding hydrogens is 270 g/mol. The molecule has 0 N–H and O–H groups in total. The third-order valence-electron chi connectivity index (χ3n) is 4.21. The van der Waals surface area contributed by atoms with E-state index in [4.69, 9.17) is 4.42 Å². The summed E-state index contributed by atoms with van der Waals surface area (Å²) in [5.74, 6) is 2.20. The van der Waals surface area contributed by atoms with Gasteiger partial charge in [0.05, 0.1) is 10.9 Å². The number of hydrogen-bond acceptors (Lipinski definition) is 5. The number of thiophene rings is 1. The van der Waals surface area contributed by atoms with Crippen LogP contribution in [0, 0.1) is 5.92 Å². The Hall–Kier alpha value is -1.20. The van der Waals surface area contributed by atoms with Crippen molar-refractivity contribution >= 4 is 11.3 Å². The smallest absolute Gasteiger partial charge is 0.257 e. The van der Waals surface area contributed by atoms with Crippen molar-refractivity contribution in [1.29, 1.82) is 0 Å². The zero-order valence-electron chi connectivity index (χ0n) is 12.1. The van der Waals surface area contributed by atoms with Gasteiger partial charge in [0.2, 0.25) is 5.89 Å². The monoisotopic (exact) mass is 291 g/mol. The average Bonchev–Trinajstić information content (AvgIpc) is 3.17. The van der Waals surface area contributed by atoms with Crippen molar-refractivity contribution in [3.05, 3.63) is 23.4 Å². The molecule has 3 heterocycles. The molecule has 1 saturated heterocycles. The quantitative estimate of drug-likeness (QED) is 0.854. The Morgan fingerprint density at radius 3 is 3.15 bits per heavy atom. The van der Waals surface area contributed by atoms with Gasteiger partial charge in [-0.15, -0.1) is 21.5 Å². The molecule has 1 aliphatic rings. The molecule has 0 spiro atoms. The van der Waals surface area contributed by atoms with Gasteiger partial charge in [-0.1, -0.05) is 19.4 Å². The van der Waals surface area contributed by atoms with Crippen molar-refractivity contribution in [2.75, 3.05) is 13.1 Å². The first-order valence-electron chi connectivity index (χ1n) is 7.39. The Bertz CT molecular complexity index is 537. The van der Waals surface area contributed by atoms with E-state index in [2.05, 4.69) is 28.9 Å². The molecule has 0 amide bonds. The number of likely N-dealkylation sites (tertiary alicyclic amines) is 1. The van der Waals surface area contributed by atoms with Crippen molar-refractivity contribution in [3.8, 4) is 10.8 Å². The molecule has 2 aromatic heterocycles. The molecule has 0 radical (unpaired) electrons. The molecule has 4 nitrogen and oxygen atoms in total. The maximum absolute atomic E-state index is 5.86. The lowest BCUT2D eigenvalue weighted by molar-refractivity contribution is 0.114. The molecule has 1 fully saturated rings. The SMILES string of the molecule is CC[C@H]1CCCN([C@H](C)c2nnc(-c3cccs3)o2)C1. The van der Waals surface area contributed by atoms with E-state index in [-0.39, 0.29) is 6.04 Å². The number of hydrogen-bond donors (Lipinski definition) is 0. The van der Waals surface area contributed by atoms with Crippen LogP contribution >= 0.6 is 11.3 Å². The summed E-state index contributed by atoms with van der Waals surface area (Å²) >= 11 is 1.63. The highest BCUT2D eigenvalue weighted by molar-refractivity contribution is 7.13. The van der Waals surface area contributed by atoms with E-state index in [0.717, 1.165) is 29.8 Å². The van der Waals surface area contributed by atoms with Gasteiger partial charge in [0.25, 0.3) is 5.89 Å². The van der Waals surface area contributed by atoms with Crippen LogP contribution in [0.4, 0.5) is 0 Å². The van der Waals surface area contributed by atoms with Crippen LogP contribution in [0.25, 0.3) is 10.8 Å². The molecule has 2 atom stereocenters. The second kappa shape index (κ2) is 6.06. The highest BCUT2D eigenvalue weighted by atomic mass is 32.1. The number of aromatic nitrogens is 2. The lowest BCUT2D eigenvalue weighted by atomic mass is 9.95. The molecule has 3 rings (SSSR count). The van der Waals surface area contributed by atoms with Gasteiger partial charge in [-0.3, -0.25) is 4.90 Å². The molecule has 0 unspecified atom stereocenters. The summed E-state index contributed by atoms with van der Waals surface area (Å²) in [6, 6.07) is 4.23. The topological polar surface area (TPSA) is 42.2 Å².